The number of benzene rings is 2. The minimum Gasteiger partial charge on any atom is -0.494 e. The molecule has 2 aromatic carbocycles. The molecule has 1 amide bonds. The van der Waals surface area contributed by atoms with Crippen molar-refractivity contribution >= 4 is 34.1 Å². The summed E-state index contributed by atoms with van der Waals surface area (Å²) in [6.45, 7) is 0. The summed E-state index contributed by atoms with van der Waals surface area (Å²) in [5.74, 6) is -0.355. The predicted octanol–water partition coefficient (Wildman–Crippen LogP) is 4.38. The van der Waals surface area contributed by atoms with Gasteiger partial charge in [-0.25, -0.2) is 0 Å². The van der Waals surface area contributed by atoms with Gasteiger partial charge in [0.25, 0.3) is 11.6 Å². The smallest absolute Gasteiger partial charge is 0.273 e. The van der Waals surface area contributed by atoms with E-state index in [0.29, 0.717) is 17.8 Å². The summed E-state index contributed by atoms with van der Waals surface area (Å²) in [7, 11) is 1.41. The van der Waals surface area contributed by atoms with Crippen molar-refractivity contribution in [3.63, 3.8) is 0 Å². The fourth-order valence-corrected chi connectivity index (χ4v) is 4.09. The van der Waals surface area contributed by atoms with Crippen LogP contribution in [0.15, 0.2) is 72.4 Å². The molecule has 0 aliphatic carbocycles. The molecule has 0 saturated carbocycles. The maximum atomic E-state index is 12.8. The standard InChI is InChI=1S/C24H18N6O4S/c1-34-21-14-19(30(32)33)9-10-20(21)29-11-5-8-18(29)13-17(15-25)23(31)26-24-28-27-22(35-24)12-16-6-3-2-4-7-16/h2-11,13-14H,12H2,1H3,(H,26,28,31). The van der Waals surface area contributed by atoms with E-state index in [4.69, 9.17) is 4.74 Å². The Morgan fingerprint density at radius 2 is 2.03 bits per heavy atom. The first-order chi connectivity index (χ1) is 17.0. The number of nitrogens with zero attached hydrogens (tertiary/aromatic N) is 5. The fraction of sp³-hybridized carbons (Fsp3) is 0.0833. The zero-order valence-corrected chi connectivity index (χ0v) is 19.2. The van der Waals surface area contributed by atoms with Gasteiger partial charge in [0.15, 0.2) is 0 Å². The van der Waals surface area contributed by atoms with Crippen LogP contribution in [-0.2, 0) is 11.2 Å². The lowest BCUT2D eigenvalue weighted by Gasteiger charge is -2.12. The molecule has 174 valence electrons. The Kier molecular flexibility index (Phi) is 6.94. The van der Waals surface area contributed by atoms with Crippen molar-refractivity contribution in [3.8, 4) is 17.5 Å². The lowest BCUT2D eigenvalue weighted by atomic mass is 10.2. The molecule has 0 aliphatic rings. The summed E-state index contributed by atoms with van der Waals surface area (Å²) in [4.78, 5) is 23.3. The molecule has 2 heterocycles. The van der Waals surface area contributed by atoms with Gasteiger partial charge in [-0.3, -0.25) is 20.2 Å². The van der Waals surface area contributed by atoms with Crippen molar-refractivity contribution in [1.82, 2.24) is 14.8 Å². The first-order valence-electron chi connectivity index (χ1n) is 10.3. The SMILES string of the molecule is COc1cc([N+](=O)[O-])ccc1-n1cccc1C=C(C#N)C(=O)Nc1nnc(Cc2ccccc2)s1. The normalized spacial score (nSPS) is 11.0. The number of carbonyl (C=O) groups is 1. The highest BCUT2D eigenvalue weighted by Crippen LogP contribution is 2.29. The van der Waals surface area contributed by atoms with E-state index in [1.807, 2.05) is 36.4 Å². The molecule has 4 aromatic rings. The molecule has 11 heteroatoms. The molecule has 0 bridgehead atoms. The van der Waals surface area contributed by atoms with Gasteiger partial charge in [0.05, 0.1) is 23.8 Å². The quantitative estimate of drug-likeness (QED) is 0.169. The fourth-order valence-electron chi connectivity index (χ4n) is 3.32. The maximum absolute atomic E-state index is 12.8. The number of nitro groups is 1. The molecule has 0 fully saturated rings. The van der Waals surface area contributed by atoms with Gasteiger partial charge in [-0.1, -0.05) is 41.7 Å². The van der Waals surface area contributed by atoms with Crippen LogP contribution in [-0.4, -0.2) is 32.7 Å². The van der Waals surface area contributed by atoms with E-state index in [0.717, 1.165) is 10.6 Å². The number of non-ortho nitro benzene ring substituents is 1. The Balaban J connectivity index is 1.55. The molecular weight excluding hydrogens is 468 g/mol. The van der Waals surface area contributed by atoms with Crippen LogP contribution in [0.25, 0.3) is 11.8 Å². The Bertz CT molecular complexity index is 1450. The highest BCUT2D eigenvalue weighted by Gasteiger charge is 2.17. The zero-order valence-electron chi connectivity index (χ0n) is 18.4. The van der Waals surface area contributed by atoms with Crippen LogP contribution in [0.1, 0.15) is 16.3 Å². The number of methoxy groups -OCH3 is 1. The number of rotatable bonds is 8. The average molecular weight is 487 g/mol. The van der Waals surface area contributed by atoms with Crippen LogP contribution >= 0.6 is 11.3 Å². The largest absolute Gasteiger partial charge is 0.494 e. The third kappa shape index (κ3) is 5.40. The molecule has 10 nitrogen and oxygen atoms in total. The van der Waals surface area contributed by atoms with E-state index in [1.165, 1.54) is 42.7 Å². The number of carbonyl (C=O) groups excluding carboxylic acids is 1. The lowest BCUT2D eigenvalue weighted by Crippen LogP contribution is -2.13. The second-order valence-electron chi connectivity index (χ2n) is 7.20. The molecular formula is C24H18N6O4S. The van der Waals surface area contributed by atoms with Crippen LogP contribution < -0.4 is 10.1 Å². The number of hydrogen-bond donors (Lipinski definition) is 1. The molecule has 35 heavy (non-hydrogen) atoms. The van der Waals surface area contributed by atoms with Gasteiger partial charge in [0.2, 0.25) is 5.13 Å². The highest BCUT2D eigenvalue weighted by molar-refractivity contribution is 7.15. The van der Waals surface area contributed by atoms with Gasteiger partial charge in [-0.2, -0.15) is 5.26 Å². The number of amides is 1. The van der Waals surface area contributed by atoms with Crippen LogP contribution in [0, 0.1) is 21.4 Å². The Labute approximate surface area is 203 Å². The number of hydrogen-bond acceptors (Lipinski definition) is 8. The molecule has 0 radical (unpaired) electrons. The second kappa shape index (κ2) is 10.4. The van der Waals surface area contributed by atoms with E-state index in [1.54, 1.807) is 22.9 Å². The number of nitrogens with one attached hydrogen (secondary N) is 1. The number of anilines is 1. The topological polar surface area (TPSA) is 136 Å². The second-order valence-corrected chi connectivity index (χ2v) is 8.27. The monoisotopic (exact) mass is 486 g/mol. The molecule has 0 unspecified atom stereocenters. The van der Waals surface area contributed by atoms with Crippen molar-refractivity contribution in [2.24, 2.45) is 0 Å². The predicted molar refractivity (Wildman–Crippen MR) is 130 cm³/mol. The molecule has 0 atom stereocenters. The van der Waals surface area contributed by atoms with Crippen molar-refractivity contribution in [3.05, 3.63) is 98.8 Å². The van der Waals surface area contributed by atoms with E-state index in [2.05, 4.69) is 15.5 Å². The first kappa shape index (κ1) is 23.3. The van der Waals surface area contributed by atoms with Crippen molar-refractivity contribution in [2.75, 3.05) is 12.4 Å². The van der Waals surface area contributed by atoms with E-state index in [9.17, 15) is 20.2 Å². The molecule has 2 aromatic heterocycles. The number of aromatic nitrogens is 3. The summed E-state index contributed by atoms with van der Waals surface area (Å²) < 4.78 is 6.98. The summed E-state index contributed by atoms with van der Waals surface area (Å²) >= 11 is 1.23. The number of ether oxygens (including phenoxy) is 1. The molecule has 0 spiro atoms. The van der Waals surface area contributed by atoms with E-state index in [-0.39, 0.29) is 22.1 Å². The summed E-state index contributed by atoms with van der Waals surface area (Å²) in [6.07, 6.45) is 3.70. The Morgan fingerprint density at radius 3 is 2.74 bits per heavy atom. The van der Waals surface area contributed by atoms with Crippen molar-refractivity contribution in [1.29, 1.82) is 5.26 Å². The van der Waals surface area contributed by atoms with Crippen molar-refractivity contribution < 1.29 is 14.5 Å². The minimum absolute atomic E-state index is 0.115. The van der Waals surface area contributed by atoms with Gasteiger partial charge >= 0.3 is 0 Å². The van der Waals surface area contributed by atoms with Gasteiger partial charge < -0.3 is 9.30 Å². The highest BCUT2D eigenvalue weighted by atomic mass is 32.1. The van der Waals surface area contributed by atoms with E-state index >= 15 is 0 Å². The van der Waals surface area contributed by atoms with Gasteiger partial charge in [0, 0.05) is 24.4 Å². The maximum Gasteiger partial charge on any atom is 0.273 e. The minimum atomic E-state index is -0.627. The lowest BCUT2D eigenvalue weighted by molar-refractivity contribution is -0.384. The van der Waals surface area contributed by atoms with Crippen LogP contribution in [0.3, 0.4) is 0 Å². The number of nitriles is 1. The summed E-state index contributed by atoms with van der Waals surface area (Å²) in [5.41, 5.74) is 1.83. The summed E-state index contributed by atoms with van der Waals surface area (Å²) in [6, 6.07) is 19.3. The third-order valence-corrected chi connectivity index (χ3v) is 5.80. The van der Waals surface area contributed by atoms with E-state index < -0.39 is 10.8 Å². The summed E-state index contributed by atoms with van der Waals surface area (Å²) in [5, 5.41) is 32.4. The zero-order chi connectivity index (χ0) is 24.8. The molecule has 0 aliphatic heterocycles. The van der Waals surface area contributed by atoms with Crippen molar-refractivity contribution in [2.45, 2.75) is 6.42 Å². The van der Waals surface area contributed by atoms with Gasteiger partial charge in [-0.05, 0) is 29.8 Å². The van der Waals surface area contributed by atoms with Gasteiger partial charge in [-0.15, -0.1) is 10.2 Å². The average Bonchev–Trinajstić information content (AvgIpc) is 3.51. The molecule has 1 N–H and O–H groups in total. The van der Waals surface area contributed by atoms with Gasteiger partial charge in [0.1, 0.15) is 22.4 Å². The molecule has 0 saturated heterocycles. The Hall–Kier alpha value is -4.82. The van der Waals surface area contributed by atoms with Crippen LogP contribution in [0.4, 0.5) is 10.8 Å². The van der Waals surface area contributed by atoms with Crippen LogP contribution in [0.5, 0.6) is 5.75 Å². The number of nitro benzene ring substituents is 1. The Morgan fingerprint density at radius 1 is 1.23 bits per heavy atom. The third-order valence-electron chi connectivity index (χ3n) is 4.96. The van der Waals surface area contributed by atoms with Crippen LogP contribution in [0.2, 0.25) is 0 Å². The first-order valence-corrected chi connectivity index (χ1v) is 11.1. The molecule has 4 rings (SSSR count).